The highest BCUT2D eigenvalue weighted by Gasteiger charge is 2.18. The molecule has 0 atom stereocenters. The second kappa shape index (κ2) is 6.57. The van der Waals surface area contributed by atoms with Gasteiger partial charge in [-0.25, -0.2) is 9.78 Å². The molecule has 2 amide bonds. The van der Waals surface area contributed by atoms with Crippen molar-refractivity contribution < 1.29 is 4.79 Å². The van der Waals surface area contributed by atoms with Gasteiger partial charge in [-0.15, -0.1) is 0 Å². The van der Waals surface area contributed by atoms with E-state index >= 15 is 0 Å². The van der Waals surface area contributed by atoms with Crippen LogP contribution in [0.25, 0.3) is 11.1 Å². The lowest BCUT2D eigenvalue weighted by atomic mass is 10.1. The van der Waals surface area contributed by atoms with E-state index in [0.29, 0.717) is 11.7 Å². The molecule has 25 heavy (non-hydrogen) atoms. The maximum absolute atomic E-state index is 12.1. The number of nitrogens with zero attached hydrogens (tertiary/aromatic N) is 1. The van der Waals surface area contributed by atoms with Crippen molar-refractivity contribution in [3.8, 4) is 11.1 Å². The summed E-state index contributed by atoms with van der Waals surface area (Å²) in [6.45, 7) is 0.395. The fourth-order valence-corrected chi connectivity index (χ4v) is 3.20. The van der Waals surface area contributed by atoms with Crippen molar-refractivity contribution >= 4 is 23.3 Å². The second-order valence-electron chi connectivity index (χ2n) is 6.00. The monoisotopic (exact) mass is 349 g/mol. The van der Waals surface area contributed by atoms with Crippen LogP contribution in [0.15, 0.2) is 60.8 Å². The molecule has 0 spiro atoms. The molecular formula is C20H16ClN3O. The Bertz CT molecular complexity index is 938. The molecule has 0 radical (unpaired) electrons. The highest BCUT2D eigenvalue weighted by atomic mass is 35.5. The van der Waals surface area contributed by atoms with Gasteiger partial charge in [-0.05, 0) is 52.4 Å². The maximum Gasteiger partial charge on any atom is 0.319 e. The number of carbonyl (C=O) groups is 1. The third kappa shape index (κ3) is 3.35. The number of hydrogen-bond acceptors (Lipinski definition) is 2. The van der Waals surface area contributed by atoms with Gasteiger partial charge in [0.2, 0.25) is 0 Å². The summed E-state index contributed by atoms with van der Waals surface area (Å²) in [6, 6.07) is 17.7. The molecule has 0 unspecified atom stereocenters. The Morgan fingerprint density at radius 2 is 1.88 bits per heavy atom. The molecule has 0 saturated carbocycles. The molecule has 3 aromatic rings. The molecule has 1 aromatic heterocycles. The van der Waals surface area contributed by atoms with Crippen LogP contribution in [0.4, 0.5) is 10.5 Å². The lowest BCUT2D eigenvalue weighted by Crippen LogP contribution is -2.28. The zero-order valence-corrected chi connectivity index (χ0v) is 14.2. The summed E-state index contributed by atoms with van der Waals surface area (Å²) in [5, 5.41) is 6.14. The van der Waals surface area contributed by atoms with Crippen LogP contribution in [-0.4, -0.2) is 11.0 Å². The van der Waals surface area contributed by atoms with Crippen molar-refractivity contribution in [2.24, 2.45) is 0 Å². The van der Waals surface area contributed by atoms with E-state index in [-0.39, 0.29) is 6.03 Å². The van der Waals surface area contributed by atoms with Crippen LogP contribution < -0.4 is 10.6 Å². The van der Waals surface area contributed by atoms with Crippen LogP contribution in [-0.2, 0) is 13.0 Å². The van der Waals surface area contributed by atoms with Crippen molar-refractivity contribution in [3.05, 3.63) is 82.6 Å². The predicted octanol–water partition coefficient (Wildman–Crippen LogP) is 4.63. The van der Waals surface area contributed by atoms with Gasteiger partial charge in [0, 0.05) is 18.4 Å². The third-order valence-corrected chi connectivity index (χ3v) is 4.52. The zero-order valence-electron chi connectivity index (χ0n) is 13.4. The van der Waals surface area contributed by atoms with Crippen molar-refractivity contribution in [1.82, 2.24) is 10.3 Å². The Hall–Kier alpha value is -2.85. The Kier molecular flexibility index (Phi) is 4.12. The summed E-state index contributed by atoms with van der Waals surface area (Å²) in [7, 11) is 0. The molecular weight excluding hydrogens is 334 g/mol. The zero-order chi connectivity index (χ0) is 17.2. The predicted molar refractivity (Wildman–Crippen MR) is 99.8 cm³/mol. The van der Waals surface area contributed by atoms with E-state index in [1.54, 1.807) is 12.3 Å². The first-order valence-corrected chi connectivity index (χ1v) is 8.43. The minimum atomic E-state index is -0.245. The molecule has 1 aliphatic carbocycles. The summed E-state index contributed by atoms with van der Waals surface area (Å²) in [5.41, 5.74) is 6.77. The minimum Gasteiger partial charge on any atom is -0.334 e. The standard InChI is InChI=1S/C20H16ClN3O/c21-19-8-5-13(11-22-19)12-23-20(25)24-16-6-7-18-15(10-16)9-14-3-1-2-4-17(14)18/h1-8,10-11H,9,12H2,(H2,23,24,25). The fourth-order valence-electron chi connectivity index (χ4n) is 3.09. The molecule has 1 heterocycles. The smallest absolute Gasteiger partial charge is 0.319 e. The van der Waals surface area contributed by atoms with Crippen molar-refractivity contribution in [3.63, 3.8) is 0 Å². The quantitative estimate of drug-likeness (QED) is 0.530. The van der Waals surface area contributed by atoms with Gasteiger partial charge in [0.05, 0.1) is 0 Å². The first-order chi connectivity index (χ1) is 12.2. The number of carbonyl (C=O) groups excluding carboxylic acids is 1. The number of rotatable bonds is 3. The maximum atomic E-state index is 12.1. The number of hydrogen-bond donors (Lipinski definition) is 2. The van der Waals surface area contributed by atoms with Crippen molar-refractivity contribution in [1.29, 1.82) is 0 Å². The summed E-state index contributed by atoms with van der Waals surface area (Å²) < 4.78 is 0. The topological polar surface area (TPSA) is 54.0 Å². The first kappa shape index (κ1) is 15.7. The fraction of sp³-hybridized carbons (Fsp3) is 0.100. The number of halogens is 1. The van der Waals surface area contributed by atoms with Crippen molar-refractivity contribution in [2.75, 3.05) is 5.32 Å². The number of fused-ring (bicyclic) bond motifs is 3. The van der Waals surface area contributed by atoms with Gasteiger partial charge in [0.15, 0.2) is 0 Å². The number of anilines is 1. The van der Waals surface area contributed by atoms with Crippen LogP contribution >= 0.6 is 11.6 Å². The summed E-state index contributed by atoms with van der Waals surface area (Å²) in [6.07, 6.45) is 2.55. The Morgan fingerprint density at radius 1 is 1.04 bits per heavy atom. The highest BCUT2D eigenvalue weighted by molar-refractivity contribution is 6.29. The van der Waals surface area contributed by atoms with Crippen molar-refractivity contribution in [2.45, 2.75) is 13.0 Å². The van der Waals surface area contributed by atoms with Crippen LogP contribution in [0, 0.1) is 0 Å². The number of pyridine rings is 1. The molecule has 4 rings (SSSR count). The second-order valence-corrected chi connectivity index (χ2v) is 6.39. The van der Waals surface area contributed by atoms with Gasteiger partial charge in [-0.2, -0.15) is 0 Å². The summed E-state index contributed by atoms with van der Waals surface area (Å²) in [4.78, 5) is 16.1. The summed E-state index contributed by atoms with van der Waals surface area (Å²) >= 11 is 5.75. The number of benzene rings is 2. The Balaban J connectivity index is 1.41. The van der Waals surface area contributed by atoms with Crippen LogP contribution in [0.1, 0.15) is 16.7 Å². The summed E-state index contributed by atoms with van der Waals surface area (Å²) in [5.74, 6) is 0. The first-order valence-electron chi connectivity index (χ1n) is 8.05. The molecule has 4 nitrogen and oxygen atoms in total. The lowest BCUT2D eigenvalue weighted by molar-refractivity contribution is 0.251. The van der Waals surface area contributed by atoms with E-state index in [1.807, 2.05) is 18.2 Å². The van der Waals surface area contributed by atoms with E-state index in [1.165, 1.54) is 22.3 Å². The van der Waals surface area contributed by atoms with E-state index in [2.05, 4.69) is 45.9 Å². The molecule has 1 aliphatic rings. The van der Waals surface area contributed by atoms with E-state index in [9.17, 15) is 4.79 Å². The molecule has 0 aliphatic heterocycles. The average molecular weight is 350 g/mol. The Labute approximate surface area is 150 Å². The van der Waals surface area contributed by atoms with Gasteiger partial charge in [0.25, 0.3) is 0 Å². The van der Waals surface area contributed by atoms with Gasteiger partial charge in [0.1, 0.15) is 5.15 Å². The molecule has 5 heteroatoms. The van der Waals surface area contributed by atoms with Crippen LogP contribution in [0.5, 0.6) is 0 Å². The van der Waals surface area contributed by atoms with Gasteiger partial charge in [-0.1, -0.05) is 48.0 Å². The van der Waals surface area contributed by atoms with Gasteiger partial charge < -0.3 is 10.6 Å². The van der Waals surface area contributed by atoms with E-state index in [0.717, 1.165) is 17.7 Å². The Morgan fingerprint density at radius 3 is 2.72 bits per heavy atom. The van der Waals surface area contributed by atoms with E-state index < -0.39 is 0 Å². The molecule has 124 valence electrons. The number of amides is 2. The lowest BCUT2D eigenvalue weighted by Gasteiger charge is -2.09. The van der Waals surface area contributed by atoms with Crippen LogP contribution in [0.3, 0.4) is 0 Å². The molecule has 0 fully saturated rings. The number of aromatic nitrogens is 1. The average Bonchev–Trinajstić information content (AvgIpc) is 2.99. The number of urea groups is 1. The van der Waals surface area contributed by atoms with Gasteiger partial charge in [-0.3, -0.25) is 0 Å². The molecule has 2 aromatic carbocycles. The third-order valence-electron chi connectivity index (χ3n) is 4.29. The highest BCUT2D eigenvalue weighted by Crippen LogP contribution is 2.37. The number of nitrogens with one attached hydrogen (secondary N) is 2. The molecule has 0 bridgehead atoms. The largest absolute Gasteiger partial charge is 0.334 e. The minimum absolute atomic E-state index is 0.245. The SMILES string of the molecule is O=C(NCc1ccc(Cl)nc1)Nc1ccc2c(c1)Cc1ccccc1-2. The van der Waals surface area contributed by atoms with Gasteiger partial charge >= 0.3 is 6.03 Å². The van der Waals surface area contributed by atoms with E-state index in [4.69, 9.17) is 11.6 Å². The van der Waals surface area contributed by atoms with Crippen LogP contribution in [0.2, 0.25) is 5.15 Å². The molecule has 2 N–H and O–H groups in total. The normalized spacial score (nSPS) is 11.6. The molecule has 0 saturated heterocycles.